The van der Waals surface area contributed by atoms with Crippen LogP contribution in [0.2, 0.25) is 0 Å². The molecule has 6 nitrogen and oxygen atoms in total. The van der Waals surface area contributed by atoms with Gasteiger partial charge in [-0.3, -0.25) is 0 Å². The molecule has 1 radical (unpaired) electrons. The minimum atomic E-state index is 0. The summed E-state index contributed by atoms with van der Waals surface area (Å²) in [5, 5.41) is 19.2. The zero-order chi connectivity index (χ0) is 14.6. The van der Waals surface area contributed by atoms with Crippen molar-refractivity contribution in [1.82, 2.24) is 4.31 Å². The molecule has 1 N–H and O–H groups in total. The minimum Gasteiger partial charge on any atom is -0.569 e. The maximum absolute atomic E-state index is 7.50. The van der Waals surface area contributed by atoms with E-state index < -0.39 is 0 Å². The van der Waals surface area contributed by atoms with Crippen LogP contribution in [0.25, 0.3) is 0 Å². The fourth-order valence-electron chi connectivity index (χ4n) is 0.238. The van der Waals surface area contributed by atoms with E-state index in [1.165, 1.54) is 11.9 Å². The standard InChI is InChI=1S/C2H5NS3.2CN.CH3O.2CO.2Fe/c4-1-3-2(5)6-3;5*1-2;;/h2,4-5H,1H2;;;2H,1H2;;;;/q;3*-1;;;+2;+3/p+3/t2-,3?;;;;;;;/m1......./s1. The number of thiol groups is 1. The summed E-state index contributed by atoms with van der Waals surface area (Å²) >= 11 is 8.17. The third-order valence-electron chi connectivity index (χ3n) is 0.648. The van der Waals surface area contributed by atoms with Gasteiger partial charge in [0.05, 0.1) is 0 Å². The van der Waals surface area contributed by atoms with Crippen molar-refractivity contribution in [2.75, 3.05) is 5.88 Å². The summed E-state index contributed by atoms with van der Waals surface area (Å²) < 4.78 is 17.8. The largest absolute Gasteiger partial charge is 3.00 e. The molecule has 101 valence electrons. The van der Waals surface area contributed by atoms with Crippen molar-refractivity contribution in [1.29, 1.82) is 10.5 Å². The van der Waals surface area contributed by atoms with Crippen molar-refractivity contribution < 1.29 is 48.5 Å². The molecule has 11 heteroatoms. The number of nitrogens with zero attached hydrogens (tertiary/aromatic N) is 3. The number of hydrogen-bond acceptors (Lipinski definition) is 4. The van der Waals surface area contributed by atoms with Gasteiger partial charge >= 0.3 is 61.4 Å². The molecule has 1 unspecified atom stereocenters. The predicted molar refractivity (Wildman–Crippen MR) is 64.7 cm³/mol. The van der Waals surface area contributed by atoms with Gasteiger partial charge in [0, 0.05) is 16.9 Å². The van der Waals surface area contributed by atoms with Crippen LogP contribution in [0.3, 0.4) is 0 Å². The molecule has 0 aliphatic carbocycles. The van der Waals surface area contributed by atoms with Gasteiger partial charge in [-0.15, -0.1) is 0 Å². The molecular weight excluding hydrogens is 382 g/mol. The summed E-state index contributed by atoms with van der Waals surface area (Å²) in [6.07, 6.45) is 0. The van der Waals surface area contributed by atoms with Crippen molar-refractivity contribution in [3.05, 3.63) is 33.6 Å². The zero-order valence-corrected chi connectivity index (χ0v) is 13.9. The molecule has 1 heterocycles. The molecule has 1 aliphatic rings. The minimum absolute atomic E-state index is 0. The van der Waals surface area contributed by atoms with Crippen LogP contribution in [0, 0.1) is 44.1 Å². The summed E-state index contributed by atoms with van der Waals surface area (Å²) in [5.41, 5.74) is 0. The Morgan fingerprint density at radius 1 is 1.17 bits per heavy atom. The molecule has 1 fully saturated rings. The zero-order valence-electron chi connectivity index (χ0n) is 8.75. The Balaban J connectivity index is -0.0000000179. The Hall–Kier alpha value is 0.469. The second-order valence-corrected chi connectivity index (χ2v) is 3.67. The van der Waals surface area contributed by atoms with Gasteiger partial charge in [-0.05, 0) is 12.6 Å². The smallest absolute Gasteiger partial charge is 0.569 e. The van der Waals surface area contributed by atoms with Crippen LogP contribution >= 0.6 is 0 Å². The first-order valence-corrected chi connectivity index (χ1v) is 5.05. The molecule has 0 saturated carbocycles. The van der Waals surface area contributed by atoms with E-state index in [-0.39, 0.29) is 34.1 Å². The Kier molecular flexibility index (Phi) is 157. The first-order chi connectivity index (χ1) is 7.84. The molecule has 0 amide bonds. The molecule has 0 aromatic heterocycles. The third-order valence-corrected chi connectivity index (χ3v) is 3.06. The topological polar surface area (TPSA) is 111 Å². The van der Waals surface area contributed by atoms with Gasteiger partial charge in [0.1, 0.15) is 0 Å². The molecule has 1 aliphatic heterocycles. The Bertz CT molecular complexity index is 167. The second-order valence-electron chi connectivity index (χ2n) is 1.09. The Morgan fingerprint density at radius 2 is 1.33 bits per heavy atom. The van der Waals surface area contributed by atoms with Gasteiger partial charge in [-0.25, -0.2) is 7.11 Å². The Labute approximate surface area is 144 Å². The number of aliphatic hydroxyl groups is 1. The first-order valence-electron chi connectivity index (χ1n) is 2.85. The van der Waals surface area contributed by atoms with E-state index in [0.717, 1.165) is 5.88 Å². The molecular formula is C7H11Fe2N3O3S3+5. The fraction of sp³-hybridized carbons (Fsp3) is 0.286. The van der Waals surface area contributed by atoms with Crippen LogP contribution < -0.4 is 0 Å². The summed E-state index contributed by atoms with van der Waals surface area (Å²) in [6, 6.07) is 0. The van der Waals surface area contributed by atoms with E-state index in [9.17, 15) is 0 Å². The van der Waals surface area contributed by atoms with Gasteiger partial charge in [0.25, 0.3) is 0 Å². The van der Waals surface area contributed by atoms with Gasteiger partial charge in [-0.2, -0.15) is 0 Å². The molecule has 0 spiro atoms. The van der Waals surface area contributed by atoms with Crippen molar-refractivity contribution in [2.24, 2.45) is 0 Å². The van der Waals surface area contributed by atoms with Crippen molar-refractivity contribution in [3.63, 3.8) is 0 Å². The van der Waals surface area contributed by atoms with Crippen LogP contribution in [0.4, 0.5) is 0 Å². The van der Waals surface area contributed by atoms with E-state index in [1.807, 2.05) is 0 Å². The summed E-state index contributed by atoms with van der Waals surface area (Å²) in [5.74, 6) is 0.982. The molecule has 1 rings (SSSR count). The monoisotopic (exact) mass is 393 g/mol. The van der Waals surface area contributed by atoms with Gasteiger partial charge in [0.2, 0.25) is 5.88 Å². The molecule has 1 saturated heterocycles. The van der Waals surface area contributed by atoms with Gasteiger partial charge in [-0.1, -0.05) is 0 Å². The summed E-state index contributed by atoms with van der Waals surface area (Å²) in [6.45, 7) is 18.5. The van der Waals surface area contributed by atoms with E-state index in [1.54, 1.807) is 0 Å². The molecule has 0 aromatic carbocycles. The van der Waals surface area contributed by atoms with Gasteiger partial charge in [0.15, 0.2) is 11.9 Å². The Morgan fingerprint density at radius 3 is 1.33 bits per heavy atom. The maximum Gasteiger partial charge on any atom is 3.00 e. The van der Waals surface area contributed by atoms with E-state index in [2.05, 4.69) is 50.0 Å². The second kappa shape index (κ2) is 66.1. The molecule has 0 aromatic rings. The van der Waals surface area contributed by atoms with Gasteiger partial charge < -0.3 is 28.8 Å². The molecule has 2 atom stereocenters. The average molecular weight is 393 g/mol. The normalized spacial score (nSPS) is 15.1. The van der Waals surface area contributed by atoms with Crippen LogP contribution in [0.15, 0.2) is 0 Å². The molecule has 0 bridgehead atoms. The van der Waals surface area contributed by atoms with Crippen LogP contribution in [0.5, 0.6) is 0 Å². The predicted octanol–water partition coefficient (Wildman–Crippen LogP) is -1.44. The van der Waals surface area contributed by atoms with Crippen molar-refractivity contribution >= 4 is 37.2 Å². The van der Waals surface area contributed by atoms with Crippen molar-refractivity contribution in [2.45, 2.75) is 4.71 Å². The van der Waals surface area contributed by atoms with E-state index in [0.29, 0.717) is 4.71 Å². The van der Waals surface area contributed by atoms with E-state index in [4.69, 9.17) is 38.1 Å². The molecule has 18 heavy (non-hydrogen) atoms. The fourth-order valence-corrected chi connectivity index (χ4v) is 1.92. The first kappa shape index (κ1) is 42.8. The SMILES string of the molecule is [C-]#N.[C-]#N.[C-]#[O+].[C-]#[O+].[CH2-]O.[Fe+2].[Fe+3].[SH2+]CN1[SH+][C@H]1[SH2+]. The number of rotatable bonds is 1. The van der Waals surface area contributed by atoms with Crippen LogP contribution in [-0.4, -0.2) is 20.0 Å². The summed E-state index contributed by atoms with van der Waals surface area (Å²) in [7, 11) is 2.25. The average Bonchev–Trinajstić information content (AvgIpc) is 3.17. The third kappa shape index (κ3) is 54.9. The van der Waals surface area contributed by atoms with Crippen molar-refractivity contribution in [3.8, 4) is 0 Å². The van der Waals surface area contributed by atoms with Crippen LogP contribution in [-0.2, 0) is 80.6 Å². The quantitative estimate of drug-likeness (QED) is 0.193. The summed E-state index contributed by atoms with van der Waals surface area (Å²) in [4.78, 5) is 0. The number of aliphatic hydroxyl groups excluding tert-OH is 1. The number of hydrogen-bond donors (Lipinski definition) is 1. The van der Waals surface area contributed by atoms with Crippen LogP contribution in [0.1, 0.15) is 0 Å². The maximum atomic E-state index is 7.50. The van der Waals surface area contributed by atoms with E-state index >= 15 is 0 Å².